The number of nitrogens with zero attached hydrogens (tertiary/aromatic N) is 1. The maximum atomic E-state index is 12.4. The van der Waals surface area contributed by atoms with E-state index in [-0.39, 0.29) is 23.5 Å². The normalized spacial score (nSPS) is 39.5. The van der Waals surface area contributed by atoms with Gasteiger partial charge in [0.05, 0.1) is 19.3 Å². The molecule has 1 atom stereocenters. The molecule has 1 aliphatic heterocycles. The quantitative estimate of drug-likeness (QED) is 0.820. The van der Waals surface area contributed by atoms with Crippen molar-refractivity contribution in [2.75, 3.05) is 26.3 Å². The van der Waals surface area contributed by atoms with Crippen LogP contribution in [0.5, 0.6) is 0 Å². The summed E-state index contributed by atoms with van der Waals surface area (Å²) >= 11 is 0. The minimum Gasteiger partial charge on any atom is -0.379 e. The van der Waals surface area contributed by atoms with Crippen molar-refractivity contribution in [3.63, 3.8) is 0 Å². The minimum atomic E-state index is -0.304. The molecule has 134 valence electrons. The molecule has 3 amide bonds. The van der Waals surface area contributed by atoms with Crippen LogP contribution < -0.4 is 10.6 Å². The molecule has 0 spiro atoms. The molecule has 5 rings (SSSR count). The highest BCUT2D eigenvalue weighted by Gasteiger charge is 2.51. The first-order chi connectivity index (χ1) is 11.5. The SMILES string of the molecule is C[C@H](C(=O)NC(=O)NC12CC3CC(CC(C3)C1)C2)N1CCOCC1. The Morgan fingerprint density at radius 3 is 2.12 bits per heavy atom. The molecule has 5 fully saturated rings. The van der Waals surface area contributed by atoms with Crippen molar-refractivity contribution in [2.45, 2.75) is 57.0 Å². The topological polar surface area (TPSA) is 70.7 Å². The number of hydrogen-bond acceptors (Lipinski definition) is 4. The van der Waals surface area contributed by atoms with Crippen molar-refractivity contribution in [1.29, 1.82) is 0 Å². The average Bonchev–Trinajstić information content (AvgIpc) is 2.53. The van der Waals surface area contributed by atoms with Gasteiger partial charge in [-0.3, -0.25) is 15.0 Å². The first-order valence-corrected chi connectivity index (χ1v) is 9.48. The van der Waals surface area contributed by atoms with E-state index in [9.17, 15) is 9.59 Å². The molecule has 1 heterocycles. The molecule has 0 aromatic heterocycles. The lowest BCUT2D eigenvalue weighted by atomic mass is 9.53. The number of carbonyl (C=O) groups is 2. The molecule has 0 unspecified atom stereocenters. The first kappa shape index (κ1) is 16.3. The Bertz CT molecular complexity index is 480. The van der Waals surface area contributed by atoms with Gasteiger partial charge in [-0.15, -0.1) is 0 Å². The third kappa shape index (κ3) is 3.18. The third-order valence-corrected chi connectivity index (χ3v) is 6.63. The highest BCUT2D eigenvalue weighted by molar-refractivity contribution is 5.97. The maximum Gasteiger partial charge on any atom is 0.321 e. The van der Waals surface area contributed by atoms with E-state index in [2.05, 4.69) is 15.5 Å². The van der Waals surface area contributed by atoms with Crippen LogP contribution in [-0.4, -0.2) is 54.7 Å². The number of urea groups is 1. The van der Waals surface area contributed by atoms with Crippen molar-refractivity contribution in [1.82, 2.24) is 15.5 Å². The Labute approximate surface area is 143 Å². The van der Waals surface area contributed by atoms with Crippen molar-refractivity contribution in [3.05, 3.63) is 0 Å². The highest BCUT2D eigenvalue weighted by Crippen LogP contribution is 2.55. The first-order valence-electron chi connectivity index (χ1n) is 9.48. The summed E-state index contributed by atoms with van der Waals surface area (Å²) in [5.74, 6) is 2.12. The van der Waals surface area contributed by atoms with Gasteiger partial charge >= 0.3 is 6.03 Å². The van der Waals surface area contributed by atoms with E-state index in [4.69, 9.17) is 4.74 Å². The van der Waals surface area contributed by atoms with Gasteiger partial charge in [0.15, 0.2) is 0 Å². The summed E-state index contributed by atoms with van der Waals surface area (Å²) in [5, 5.41) is 5.78. The molecule has 1 saturated heterocycles. The molecule has 24 heavy (non-hydrogen) atoms. The van der Waals surface area contributed by atoms with Crippen LogP contribution in [0.3, 0.4) is 0 Å². The van der Waals surface area contributed by atoms with Gasteiger partial charge in [-0.05, 0) is 63.2 Å². The highest BCUT2D eigenvalue weighted by atomic mass is 16.5. The molecule has 4 aliphatic carbocycles. The Balaban J connectivity index is 1.32. The van der Waals surface area contributed by atoms with Crippen LogP contribution in [0.25, 0.3) is 0 Å². The predicted octanol–water partition coefficient (Wildman–Crippen LogP) is 1.50. The number of ether oxygens (including phenoxy) is 1. The second-order valence-corrected chi connectivity index (χ2v) is 8.47. The third-order valence-electron chi connectivity index (χ3n) is 6.63. The van der Waals surface area contributed by atoms with E-state index < -0.39 is 0 Å². The standard InChI is InChI=1S/C18H29N3O3/c1-12(21-2-4-24-5-3-21)16(22)19-17(23)20-18-9-13-6-14(10-18)8-15(7-13)11-18/h12-15H,2-11H2,1H3,(H2,19,20,22,23)/t12-,13?,14?,15?,18?/m1/s1. The fourth-order valence-electron chi connectivity index (χ4n) is 5.88. The molecule has 0 aromatic rings. The predicted molar refractivity (Wildman–Crippen MR) is 89.4 cm³/mol. The number of rotatable bonds is 3. The molecular weight excluding hydrogens is 306 g/mol. The maximum absolute atomic E-state index is 12.4. The lowest BCUT2D eigenvalue weighted by Gasteiger charge is -2.56. The molecule has 4 saturated carbocycles. The zero-order chi connectivity index (χ0) is 16.7. The van der Waals surface area contributed by atoms with Crippen LogP contribution in [0.15, 0.2) is 0 Å². The zero-order valence-electron chi connectivity index (χ0n) is 14.6. The van der Waals surface area contributed by atoms with Gasteiger partial charge in [0.1, 0.15) is 0 Å². The van der Waals surface area contributed by atoms with Crippen LogP contribution in [0, 0.1) is 17.8 Å². The molecule has 6 heteroatoms. The van der Waals surface area contributed by atoms with Crippen LogP contribution in [0.1, 0.15) is 45.4 Å². The van der Waals surface area contributed by atoms with E-state index in [1.807, 2.05) is 6.92 Å². The molecule has 0 radical (unpaired) electrons. The van der Waals surface area contributed by atoms with E-state index in [1.54, 1.807) is 0 Å². The van der Waals surface area contributed by atoms with Crippen LogP contribution in [0.4, 0.5) is 4.79 Å². The van der Waals surface area contributed by atoms with Gasteiger partial charge in [-0.25, -0.2) is 4.79 Å². The van der Waals surface area contributed by atoms with Crippen LogP contribution in [-0.2, 0) is 9.53 Å². The second-order valence-electron chi connectivity index (χ2n) is 8.47. The van der Waals surface area contributed by atoms with Gasteiger partial charge in [-0.1, -0.05) is 0 Å². The van der Waals surface area contributed by atoms with Crippen molar-refractivity contribution >= 4 is 11.9 Å². The monoisotopic (exact) mass is 335 g/mol. The molecular formula is C18H29N3O3. The van der Waals surface area contributed by atoms with Gasteiger partial charge in [0.2, 0.25) is 5.91 Å². The molecule has 0 aromatic carbocycles. The molecule has 5 aliphatic rings. The number of amides is 3. The largest absolute Gasteiger partial charge is 0.379 e. The minimum absolute atomic E-state index is 0.0543. The Hall–Kier alpha value is -1.14. The smallest absolute Gasteiger partial charge is 0.321 e. The van der Waals surface area contributed by atoms with Crippen molar-refractivity contribution in [3.8, 4) is 0 Å². The summed E-state index contributed by atoms with van der Waals surface area (Å²) in [4.78, 5) is 26.9. The number of carbonyl (C=O) groups excluding carboxylic acids is 2. The van der Waals surface area contributed by atoms with Crippen molar-refractivity contribution < 1.29 is 14.3 Å². The Morgan fingerprint density at radius 1 is 1.04 bits per heavy atom. The summed E-state index contributed by atoms with van der Waals surface area (Å²) in [5.41, 5.74) is -0.0543. The second kappa shape index (κ2) is 6.30. The van der Waals surface area contributed by atoms with Crippen LogP contribution in [0.2, 0.25) is 0 Å². The zero-order valence-corrected chi connectivity index (χ0v) is 14.6. The van der Waals surface area contributed by atoms with E-state index >= 15 is 0 Å². The number of nitrogens with one attached hydrogen (secondary N) is 2. The fraction of sp³-hybridized carbons (Fsp3) is 0.889. The summed E-state index contributed by atoms with van der Waals surface area (Å²) in [6, 6.07) is -0.599. The molecule has 6 nitrogen and oxygen atoms in total. The number of morpholine rings is 1. The number of imide groups is 1. The lowest BCUT2D eigenvalue weighted by molar-refractivity contribution is -0.126. The Morgan fingerprint density at radius 2 is 1.58 bits per heavy atom. The molecule has 4 bridgehead atoms. The van der Waals surface area contributed by atoms with Crippen molar-refractivity contribution in [2.24, 2.45) is 17.8 Å². The van der Waals surface area contributed by atoms with E-state index in [0.717, 1.165) is 50.1 Å². The average molecular weight is 335 g/mol. The summed E-state index contributed by atoms with van der Waals surface area (Å²) in [6.45, 7) is 4.64. The van der Waals surface area contributed by atoms with Gasteiger partial charge in [-0.2, -0.15) is 0 Å². The van der Waals surface area contributed by atoms with Crippen LogP contribution >= 0.6 is 0 Å². The van der Waals surface area contributed by atoms with Gasteiger partial charge in [0, 0.05) is 18.6 Å². The fourth-order valence-corrected chi connectivity index (χ4v) is 5.88. The Kier molecular flexibility index (Phi) is 4.29. The van der Waals surface area contributed by atoms with Gasteiger partial charge in [0.25, 0.3) is 0 Å². The number of hydrogen-bond donors (Lipinski definition) is 2. The van der Waals surface area contributed by atoms with E-state index in [1.165, 1.54) is 19.3 Å². The lowest BCUT2D eigenvalue weighted by Crippen LogP contribution is -2.62. The summed E-state index contributed by atoms with van der Waals surface area (Å²) in [6.07, 6.45) is 7.32. The summed E-state index contributed by atoms with van der Waals surface area (Å²) < 4.78 is 5.32. The van der Waals surface area contributed by atoms with E-state index in [0.29, 0.717) is 13.2 Å². The van der Waals surface area contributed by atoms with Gasteiger partial charge < -0.3 is 10.1 Å². The summed E-state index contributed by atoms with van der Waals surface area (Å²) in [7, 11) is 0. The molecule has 2 N–H and O–H groups in total.